The Morgan fingerprint density at radius 3 is 2.78 bits per heavy atom. The van der Waals surface area contributed by atoms with Crippen LogP contribution in [0.3, 0.4) is 0 Å². The van der Waals surface area contributed by atoms with Gasteiger partial charge in [0, 0.05) is 28.5 Å². The topological polar surface area (TPSA) is 24.9 Å². The summed E-state index contributed by atoms with van der Waals surface area (Å²) in [6.45, 7) is 7.56. The quantitative estimate of drug-likeness (QED) is 0.855. The molecule has 2 heterocycles. The van der Waals surface area contributed by atoms with Crippen molar-refractivity contribution < 1.29 is 0 Å². The lowest BCUT2D eigenvalue weighted by Gasteiger charge is -2.20. The number of hydrogen-bond donors (Lipinski definition) is 1. The highest BCUT2D eigenvalue weighted by molar-refractivity contribution is 7.11. The van der Waals surface area contributed by atoms with Gasteiger partial charge in [0.2, 0.25) is 0 Å². The monoisotopic (exact) mass is 280 g/mol. The minimum absolute atomic E-state index is 0.430. The third kappa shape index (κ3) is 3.40. The highest BCUT2D eigenvalue weighted by atomic mass is 32.1. The first-order chi connectivity index (χ1) is 8.70. The lowest BCUT2D eigenvalue weighted by Crippen LogP contribution is -2.24. The number of nitrogens with zero attached hydrogens (tertiary/aromatic N) is 1. The first-order valence-corrected chi connectivity index (χ1v) is 8.10. The van der Waals surface area contributed by atoms with E-state index in [1.165, 1.54) is 14.8 Å². The van der Waals surface area contributed by atoms with Gasteiger partial charge in [-0.2, -0.15) is 0 Å². The third-order valence-electron chi connectivity index (χ3n) is 2.94. The molecule has 0 aliphatic heterocycles. The van der Waals surface area contributed by atoms with Gasteiger partial charge in [0.05, 0.1) is 0 Å². The largest absolute Gasteiger partial charge is 0.303 e. The summed E-state index contributed by atoms with van der Waals surface area (Å²) in [5.41, 5.74) is 0. The van der Waals surface area contributed by atoms with Crippen LogP contribution in [0.5, 0.6) is 0 Å². The van der Waals surface area contributed by atoms with Crippen LogP contribution in [-0.4, -0.2) is 4.98 Å². The molecule has 18 heavy (non-hydrogen) atoms. The number of aryl methyl sites for hydroxylation is 1. The van der Waals surface area contributed by atoms with Gasteiger partial charge in [-0.1, -0.05) is 26.8 Å². The van der Waals surface area contributed by atoms with E-state index in [1.54, 1.807) is 0 Å². The van der Waals surface area contributed by atoms with Gasteiger partial charge in [-0.05, 0) is 23.8 Å². The molecule has 0 saturated carbocycles. The van der Waals surface area contributed by atoms with Crippen LogP contribution in [-0.2, 0) is 13.0 Å². The van der Waals surface area contributed by atoms with E-state index < -0.39 is 0 Å². The molecule has 0 aliphatic carbocycles. The van der Waals surface area contributed by atoms with Gasteiger partial charge < -0.3 is 5.32 Å². The van der Waals surface area contributed by atoms with Crippen LogP contribution < -0.4 is 5.32 Å². The molecule has 2 aromatic heterocycles. The number of thiazole rings is 1. The fourth-order valence-electron chi connectivity index (χ4n) is 1.92. The molecule has 0 bridgehead atoms. The Labute approximate surface area is 117 Å². The van der Waals surface area contributed by atoms with E-state index >= 15 is 0 Å². The predicted octanol–water partition coefficient (Wildman–Crippen LogP) is 4.25. The molecule has 2 rings (SSSR count). The second-order valence-corrected chi connectivity index (χ2v) is 6.87. The highest BCUT2D eigenvalue weighted by Crippen LogP contribution is 2.26. The molecule has 0 radical (unpaired) electrons. The van der Waals surface area contributed by atoms with E-state index in [-0.39, 0.29) is 0 Å². The predicted molar refractivity (Wildman–Crippen MR) is 80.2 cm³/mol. The standard InChI is InChI=1S/C14H20N2S2/c1-4-11-8-15-13(18-11)9-16-14(10(2)3)12-6-5-7-17-12/h5-8,10,14,16H,4,9H2,1-3H3. The van der Waals surface area contributed by atoms with E-state index in [2.05, 4.69) is 48.6 Å². The third-order valence-corrected chi connectivity index (χ3v) is 5.04. The molecule has 0 aliphatic rings. The normalized spacial score (nSPS) is 13.1. The minimum atomic E-state index is 0.430. The van der Waals surface area contributed by atoms with Gasteiger partial charge in [-0.25, -0.2) is 4.98 Å². The number of aromatic nitrogens is 1. The summed E-state index contributed by atoms with van der Waals surface area (Å²) in [5.74, 6) is 0.592. The molecule has 0 aromatic carbocycles. The summed E-state index contributed by atoms with van der Waals surface area (Å²) < 4.78 is 0. The molecule has 1 N–H and O–H groups in total. The van der Waals surface area contributed by atoms with Crippen LogP contribution in [0.25, 0.3) is 0 Å². The van der Waals surface area contributed by atoms with Gasteiger partial charge in [-0.15, -0.1) is 22.7 Å². The molecule has 2 nitrogen and oxygen atoms in total. The highest BCUT2D eigenvalue weighted by Gasteiger charge is 2.16. The average Bonchev–Trinajstić information content (AvgIpc) is 2.99. The zero-order valence-electron chi connectivity index (χ0n) is 11.1. The molecule has 4 heteroatoms. The molecule has 2 aromatic rings. The van der Waals surface area contributed by atoms with Crippen molar-refractivity contribution in [3.63, 3.8) is 0 Å². The van der Waals surface area contributed by atoms with Crippen molar-refractivity contribution in [1.82, 2.24) is 10.3 Å². The molecule has 1 atom stereocenters. The summed E-state index contributed by atoms with van der Waals surface area (Å²) >= 11 is 3.64. The van der Waals surface area contributed by atoms with E-state index in [1.807, 2.05) is 28.9 Å². The van der Waals surface area contributed by atoms with E-state index in [9.17, 15) is 0 Å². The first-order valence-electron chi connectivity index (χ1n) is 6.41. The number of hydrogen-bond acceptors (Lipinski definition) is 4. The van der Waals surface area contributed by atoms with Crippen LogP contribution in [0.15, 0.2) is 23.7 Å². The smallest absolute Gasteiger partial charge is 0.107 e. The Bertz CT molecular complexity index is 460. The molecule has 0 spiro atoms. The van der Waals surface area contributed by atoms with E-state index in [4.69, 9.17) is 0 Å². The second kappa shape index (κ2) is 6.45. The van der Waals surface area contributed by atoms with Crippen molar-refractivity contribution in [3.05, 3.63) is 38.5 Å². The summed E-state index contributed by atoms with van der Waals surface area (Å²) in [4.78, 5) is 7.24. The molecular weight excluding hydrogens is 260 g/mol. The number of thiophene rings is 1. The van der Waals surface area contributed by atoms with Gasteiger partial charge in [-0.3, -0.25) is 0 Å². The Hall–Kier alpha value is -0.710. The summed E-state index contributed by atoms with van der Waals surface area (Å²) in [6.07, 6.45) is 3.08. The van der Waals surface area contributed by atoms with Crippen molar-refractivity contribution in [2.45, 2.75) is 39.8 Å². The zero-order chi connectivity index (χ0) is 13.0. The first kappa shape index (κ1) is 13.7. The van der Waals surface area contributed by atoms with E-state index in [0.29, 0.717) is 12.0 Å². The van der Waals surface area contributed by atoms with Crippen LogP contribution >= 0.6 is 22.7 Å². The zero-order valence-corrected chi connectivity index (χ0v) is 12.8. The molecule has 0 amide bonds. The Kier molecular flexibility index (Phi) is 4.92. The maximum absolute atomic E-state index is 4.46. The maximum Gasteiger partial charge on any atom is 0.107 e. The molecule has 0 fully saturated rings. The molecule has 1 unspecified atom stereocenters. The molecule has 0 saturated heterocycles. The average molecular weight is 280 g/mol. The van der Waals surface area contributed by atoms with E-state index in [0.717, 1.165) is 13.0 Å². The van der Waals surface area contributed by atoms with Gasteiger partial charge in [0.15, 0.2) is 0 Å². The summed E-state index contributed by atoms with van der Waals surface area (Å²) in [6, 6.07) is 4.76. The van der Waals surface area contributed by atoms with Crippen LogP contribution in [0.1, 0.15) is 41.6 Å². The number of rotatable bonds is 6. The van der Waals surface area contributed by atoms with Gasteiger partial charge in [0.1, 0.15) is 5.01 Å². The molecular formula is C14H20N2S2. The van der Waals surface area contributed by atoms with Crippen molar-refractivity contribution in [1.29, 1.82) is 0 Å². The lowest BCUT2D eigenvalue weighted by molar-refractivity contribution is 0.416. The Morgan fingerprint density at radius 1 is 1.39 bits per heavy atom. The molecule has 98 valence electrons. The SMILES string of the molecule is CCc1cnc(CNC(c2cccs2)C(C)C)s1. The Balaban J connectivity index is 1.98. The van der Waals surface area contributed by atoms with Gasteiger partial charge >= 0.3 is 0 Å². The van der Waals surface area contributed by atoms with Gasteiger partial charge in [0.25, 0.3) is 0 Å². The van der Waals surface area contributed by atoms with Crippen LogP contribution in [0.2, 0.25) is 0 Å². The van der Waals surface area contributed by atoms with Crippen molar-refractivity contribution >= 4 is 22.7 Å². The summed E-state index contributed by atoms with van der Waals surface area (Å²) in [5, 5.41) is 6.97. The van der Waals surface area contributed by atoms with Crippen LogP contribution in [0.4, 0.5) is 0 Å². The van der Waals surface area contributed by atoms with Crippen molar-refractivity contribution in [2.24, 2.45) is 5.92 Å². The lowest BCUT2D eigenvalue weighted by atomic mass is 10.0. The fourth-order valence-corrected chi connectivity index (χ4v) is 3.71. The number of nitrogens with one attached hydrogen (secondary N) is 1. The second-order valence-electron chi connectivity index (χ2n) is 4.69. The fraction of sp³-hybridized carbons (Fsp3) is 0.500. The van der Waals surface area contributed by atoms with Crippen LogP contribution in [0, 0.1) is 5.92 Å². The van der Waals surface area contributed by atoms with Crippen molar-refractivity contribution in [2.75, 3.05) is 0 Å². The Morgan fingerprint density at radius 2 is 2.22 bits per heavy atom. The summed E-state index contributed by atoms with van der Waals surface area (Å²) in [7, 11) is 0. The maximum atomic E-state index is 4.46. The minimum Gasteiger partial charge on any atom is -0.303 e. The van der Waals surface area contributed by atoms with Crippen molar-refractivity contribution in [3.8, 4) is 0 Å².